The molecule has 2 rings (SSSR count). The molecule has 1 N–H and O–H groups in total. The number of aliphatic imine (C=N–C) groups is 1. The van der Waals surface area contributed by atoms with Crippen molar-refractivity contribution < 1.29 is 0 Å². The Bertz CT molecular complexity index is 632. The van der Waals surface area contributed by atoms with Crippen LogP contribution in [0.5, 0.6) is 0 Å². The summed E-state index contributed by atoms with van der Waals surface area (Å²) in [5.41, 5.74) is 2.22. The van der Waals surface area contributed by atoms with Gasteiger partial charge in [-0.15, -0.1) is 22.7 Å². The third-order valence-corrected chi connectivity index (χ3v) is 5.25. The van der Waals surface area contributed by atoms with Gasteiger partial charge < -0.3 is 10.2 Å². The van der Waals surface area contributed by atoms with E-state index >= 15 is 0 Å². The molecule has 0 amide bonds. The number of guanidine groups is 1. The monoisotopic (exact) mass is 351 g/mol. The summed E-state index contributed by atoms with van der Waals surface area (Å²) >= 11 is 3.44. The molecule has 0 bridgehead atoms. The molecular formula is C16H25N5S2. The van der Waals surface area contributed by atoms with Crippen LogP contribution in [0.4, 0.5) is 0 Å². The summed E-state index contributed by atoms with van der Waals surface area (Å²) in [5.74, 6) is 0.917. The summed E-state index contributed by atoms with van der Waals surface area (Å²) in [7, 11) is 3.87. The summed E-state index contributed by atoms with van der Waals surface area (Å²) < 4.78 is 0. The van der Waals surface area contributed by atoms with Crippen LogP contribution in [0, 0.1) is 13.8 Å². The van der Waals surface area contributed by atoms with Crippen molar-refractivity contribution >= 4 is 28.6 Å². The lowest BCUT2D eigenvalue weighted by Crippen LogP contribution is -2.39. The zero-order chi connectivity index (χ0) is 16.7. The highest BCUT2D eigenvalue weighted by molar-refractivity contribution is 7.09. The summed E-state index contributed by atoms with van der Waals surface area (Å²) in [5, 5.41) is 9.99. The number of rotatable bonds is 7. The quantitative estimate of drug-likeness (QED) is 0.473. The average molecular weight is 352 g/mol. The van der Waals surface area contributed by atoms with Gasteiger partial charge in [-0.3, -0.25) is 4.99 Å². The van der Waals surface area contributed by atoms with E-state index in [1.165, 1.54) is 5.01 Å². The third-order valence-electron chi connectivity index (χ3n) is 3.41. The maximum atomic E-state index is 4.50. The molecule has 0 aliphatic heterocycles. The minimum atomic E-state index is 0.780. The maximum absolute atomic E-state index is 4.50. The van der Waals surface area contributed by atoms with Crippen molar-refractivity contribution in [3.63, 3.8) is 0 Å². The van der Waals surface area contributed by atoms with Crippen LogP contribution < -0.4 is 5.32 Å². The molecule has 23 heavy (non-hydrogen) atoms. The van der Waals surface area contributed by atoms with Crippen LogP contribution in [-0.2, 0) is 13.0 Å². The van der Waals surface area contributed by atoms with Gasteiger partial charge in [0.25, 0.3) is 0 Å². The first kappa shape index (κ1) is 17.9. The van der Waals surface area contributed by atoms with Gasteiger partial charge in [0.2, 0.25) is 0 Å². The highest BCUT2D eigenvalue weighted by Crippen LogP contribution is 2.12. The van der Waals surface area contributed by atoms with Gasteiger partial charge in [-0.25, -0.2) is 9.97 Å². The Hall–Kier alpha value is -1.47. The summed E-state index contributed by atoms with van der Waals surface area (Å²) in [6, 6.07) is 0. The van der Waals surface area contributed by atoms with E-state index in [1.807, 2.05) is 27.9 Å². The number of nitrogens with zero attached hydrogens (tertiary/aromatic N) is 4. The van der Waals surface area contributed by atoms with E-state index in [4.69, 9.17) is 0 Å². The number of thiazole rings is 2. The number of hydrogen-bond acceptors (Lipinski definition) is 5. The number of unbranched alkanes of at least 4 members (excludes halogenated alkanes) is 1. The van der Waals surface area contributed by atoms with E-state index < -0.39 is 0 Å². The van der Waals surface area contributed by atoms with E-state index in [-0.39, 0.29) is 0 Å². The molecule has 0 unspecified atom stereocenters. The fourth-order valence-corrected chi connectivity index (χ4v) is 3.72. The van der Waals surface area contributed by atoms with Gasteiger partial charge in [0.1, 0.15) is 0 Å². The third kappa shape index (κ3) is 5.91. The first-order valence-corrected chi connectivity index (χ1v) is 9.58. The molecule has 0 spiro atoms. The lowest BCUT2D eigenvalue weighted by Gasteiger charge is -2.21. The lowest BCUT2D eigenvalue weighted by molar-refractivity contribution is 0.469. The van der Waals surface area contributed by atoms with Crippen LogP contribution in [0.15, 0.2) is 15.8 Å². The summed E-state index contributed by atoms with van der Waals surface area (Å²) in [4.78, 5) is 15.5. The first-order valence-electron chi connectivity index (χ1n) is 7.82. The molecule has 0 aliphatic rings. The highest BCUT2D eigenvalue weighted by Gasteiger charge is 2.08. The van der Waals surface area contributed by atoms with Crippen molar-refractivity contribution in [2.75, 3.05) is 20.6 Å². The average Bonchev–Trinajstić information content (AvgIpc) is 3.11. The van der Waals surface area contributed by atoms with Gasteiger partial charge in [-0.2, -0.15) is 0 Å². The Morgan fingerprint density at radius 1 is 1.22 bits per heavy atom. The van der Waals surface area contributed by atoms with Crippen LogP contribution >= 0.6 is 22.7 Å². The molecule has 0 aliphatic carbocycles. The minimum Gasteiger partial charge on any atom is -0.356 e. The highest BCUT2D eigenvalue weighted by atomic mass is 32.1. The Kier molecular flexibility index (Phi) is 6.98. The van der Waals surface area contributed by atoms with Crippen LogP contribution in [0.2, 0.25) is 0 Å². The van der Waals surface area contributed by atoms with E-state index in [0.29, 0.717) is 0 Å². The zero-order valence-electron chi connectivity index (χ0n) is 14.3. The number of nitrogens with one attached hydrogen (secondary N) is 1. The SMILES string of the molecule is CN=C(NCCCCc1nc(C)cs1)N(C)Cc1csc(C)n1. The van der Waals surface area contributed by atoms with Crippen LogP contribution in [0.25, 0.3) is 0 Å². The summed E-state index contributed by atoms with van der Waals surface area (Å²) in [6.07, 6.45) is 3.32. The number of hydrogen-bond donors (Lipinski definition) is 1. The Morgan fingerprint density at radius 3 is 2.65 bits per heavy atom. The molecule has 5 nitrogen and oxygen atoms in total. The van der Waals surface area contributed by atoms with Gasteiger partial charge in [-0.05, 0) is 33.1 Å². The predicted molar refractivity (Wildman–Crippen MR) is 99.5 cm³/mol. The van der Waals surface area contributed by atoms with Gasteiger partial charge in [0.05, 0.1) is 22.3 Å². The van der Waals surface area contributed by atoms with Crippen molar-refractivity contribution in [3.8, 4) is 0 Å². The Morgan fingerprint density at radius 2 is 2.04 bits per heavy atom. The summed E-state index contributed by atoms with van der Waals surface area (Å²) in [6.45, 7) is 5.79. The molecule has 0 radical (unpaired) electrons. The standard InChI is InChI=1S/C16H25N5S2/c1-12-10-23-15(19-12)7-5-6-8-18-16(17-3)21(4)9-14-11-22-13(2)20-14/h10-11H,5-9H2,1-4H3,(H,17,18). The fourth-order valence-electron chi connectivity index (χ4n) is 2.30. The van der Waals surface area contributed by atoms with E-state index in [2.05, 4.69) is 35.9 Å². The minimum absolute atomic E-state index is 0.780. The molecule has 0 aromatic carbocycles. The zero-order valence-corrected chi connectivity index (χ0v) is 15.9. The van der Waals surface area contributed by atoms with Gasteiger partial charge in [-0.1, -0.05) is 0 Å². The largest absolute Gasteiger partial charge is 0.356 e. The number of aryl methyl sites for hydroxylation is 3. The normalized spacial score (nSPS) is 11.7. The topological polar surface area (TPSA) is 53.4 Å². The van der Waals surface area contributed by atoms with E-state index in [9.17, 15) is 0 Å². The second kappa shape index (κ2) is 8.98. The second-order valence-electron chi connectivity index (χ2n) is 5.53. The number of aromatic nitrogens is 2. The van der Waals surface area contributed by atoms with E-state index in [0.717, 1.165) is 54.7 Å². The molecule has 126 valence electrons. The lowest BCUT2D eigenvalue weighted by atomic mass is 10.2. The van der Waals surface area contributed by atoms with Crippen LogP contribution in [0.3, 0.4) is 0 Å². The second-order valence-corrected chi connectivity index (χ2v) is 7.53. The molecule has 0 saturated heterocycles. The molecule has 0 atom stereocenters. The molecule has 0 saturated carbocycles. The molecule has 7 heteroatoms. The van der Waals surface area contributed by atoms with E-state index in [1.54, 1.807) is 22.7 Å². The maximum Gasteiger partial charge on any atom is 0.193 e. The van der Waals surface area contributed by atoms with Crippen LogP contribution in [-0.4, -0.2) is 41.5 Å². The smallest absolute Gasteiger partial charge is 0.193 e. The molecule has 2 heterocycles. The molecule has 0 fully saturated rings. The van der Waals surface area contributed by atoms with Gasteiger partial charge >= 0.3 is 0 Å². The van der Waals surface area contributed by atoms with Gasteiger partial charge in [0, 0.05) is 37.1 Å². The Labute approximate surface area is 146 Å². The van der Waals surface area contributed by atoms with Crippen molar-refractivity contribution in [3.05, 3.63) is 32.2 Å². The molecular weight excluding hydrogens is 326 g/mol. The first-order chi connectivity index (χ1) is 11.1. The van der Waals surface area contributed by atoms with Crippen molar-refractivity contribution in [2.24, 2.45) is 4.99 Å². The van der Waals surface area contributed by atoms with Crippen molar-refractivity contribution in [1.29, 1.82) is 0 Å². The molecule has 2 aromatic heterocycles. The van der Waals surface area contributed by atoms with Crippen molar-refractivity contribution in [1.82, 2.24) is 20.2 Å². The fraction of sp³-hybridized carbons (Fsp3) is 0.562. The Balaban J connectivity index is 1.68. The van der Waals surface area contributed by atoms with Crippen LogP contribution in [0.1, 0.15) is 34.2 Å². The van der Waals surface area contributed by atoms with Gasteiger partial charge in [0.15, 0.2) is 5.96 Å². The molecule has 2 aromatic rings. The van der Waals surface area contributed by atoms with Crippen molar-refractivity contribution in [2.45, 2.75) is 39.7 Å². The predicted octanol–water partition coefficient (Wildman–Crippen LogP) is 3.25.